The fourth-order valence-corrected chi connectivity index (χ4v) is 2.73. The predicted molar refractivity (Wildman–Crippen MR) is 101 cm³/mol. The van der Waals surface area contributed by atoms with Gasteiger partial charge in [-0.15, -0.1) is 0 Å². The summed E-state index contributed by atoms with van der Waals surface area (Å²) < 4.78 is 3.60. The maximum atomic E-state index is 12.3. The van der Waals surface area contributed by atoms with Gasteiger partial charge in [0.1, 0.15) is 12.1 Å². The number of pyridine rings is 1. The van der Waals surface area contributed by atoms with Gasteiger partial charge in [-0.3, -0.25) is 9.36 Å². The van der Waals surface area contributed by atoms with Crippen molar-refractivity contribution in [1.29, 1.82) is 0 Å². The van der Waals surface area contributed by atoms with Gasteiger partial charge in [0, 0.05) is 37.5 Å². The normalized spacial score (nSPS) is 10.7. The molecule has 3 heterocycles. The first kappa shape index (κ1) is 16.7. The van der Waals surface area contributed by atoms with E-state index in [1.807, 2.05) is 41.2 Å². The molecule has 0 atom stereocenters. The summed E-state index contributed by atoms with van der Waals surface area (Å²) in [4.78, 5) is 20.5. The molecule has 0 saturated heterocycles. The SMILES string of the molecule is O=C(NCCc1ccc(-n2cccn2)cc1)c1ccc(-n2ccnc2)nc1. The highest BCUT2D eigenvalue weighted by molar-refractivity contribution is 5.93. The fraction of sp³-hybridized carbons (Fsp3) is 0.100. The second-order valence-electron chi connectivity index (χ2n) is 6.00. The maximum Gasteiger partial charge on any atom is 0.252 e. The predicted octanol–water partition coefficient (Wildman–Crippen LogP) is 2.43. The molecule has 7 heteroatoms. The topological polar surface area (TPSA) is 77.6 Å². The fourth-order valence-electron chi connectivity index (χ4n) is 2.73. The zero-order chi connectivity index (χ0) is 18.5. The summed E-state index contributed by atoms with van der Waals surface area (Å²) in [7, 11) is 0. The van der Waals surface area contributed by atoms with Crippen LogP contribution in [0.2, 0.25) is 0 Å². The zero-order valence-electron chi connectivity index (χ0n) is 14.6. The third-order valence-electron chi connectivity index (χ3n) is 4.18. The van der Waals surface area contributed by atoms with Gasteiger partial charge >= 0.3 is 0 Å². The number of nitrogens with one attached hydrogen (secondary N) is 1. The third-order valence-corrected chi connectivity index (χ3v) is 4.18. The van der Waals surface area contributed by atoms with Crippen LogP contribution >= 0.6 is 0 Å². The highest BCUT2D eigenvalue weighted by Gasteiger charge is 2.06. The number of carbonyl (C=O) groups excluding carboxylic acids is 1. The van der Waals surface area contributed by atoms with Gasteiger partial charge < -0.3 is 5.32 Å². The molecule has 0 unspecified atom stereocenters. The Balaban J connectivity index is 1.30. The molecule has 1 N–H and O–H groups in total. The molecular weight excluding hydrogens is 340 g/mol. The van der Waals surface area contributed by atoms with Crippen molar-refractivity contribution in [2.75, 3.05) is 6.54 Å². The lowest BCUT2D eigenvalue weighted by molar-refractivity contribution is 0.0954. The number of hydrogen-bond donors (Lipinski definition) is 1. The highest BCUT2D eigenvalue weighted by atomic mass is 16.1. The summed E-state index contributed by atoms with van der Waals surface area (Å²) in [5.41, 5.74) is 2.70. The molecule has 3 aromatic heterocycles. The van der Waals surface area contributed by atoms with E-state index in [-0.39, 0.29) is 5.91 Å². The highest BCUT2D eigenvalue weighted by Crippen LogP contribution is 2.09. The van der Waals surface area contributed by atoms with Crippen molar-refractivity contribution < 1.29 is 4.79 Å². The first-order chi connectivity index (χ1) is 13.3. The van der Waals surface area contributed by atoms with E-state index >= 15 is 0 Å². The largest absolute Gasteiger partial charge is 0.352 e. The number of imidazole rings is 1. The van der Waals surface area contributed by atoms with Crippen LogP contribution in [0.25, 0.3) is 11.5 Å². The molecule has 4 aromatic rings. The van der Waals surface area contributed by atoms with E-state index in [2.05, 4.69) is 20.4 Å². The van der Waals surface area contributed by atoms with Gasteiger partial charge in [-0.1, -0.05) is 12.1 Å². The molecule has 134 valence electrons. The van der Waals surface area contributed by atoms with Crippen molar-refractivity contribution >= 4 is 5.91 Å². The van der Waals surface area contributed by atoms with Crippen molar-refractivity contribution in [2.45, 2.75) is 6.42 Å². The first-order valence-corrected chi connectivity index (χ1v) is 8.61. The molecule has 0 bridgehead atoms. The van der Waals surface area contributed by atoms with Crippen LogP contribution in [-0.2, 0) is 6.42 Å². The quantitative estimate of drug-likeness (QED) is 0.574. The van der Waals surface area contributed by atoms with Gasteiger partial charge in [0.2, 0.25) is 0 Å². The van der Waals surface area contributed by atoms with Crippen molar-refractivity contribution in [3.63, 3.8) is 0 Å². The van der Waals surface area contributed by atoms with Crippen LogP contribution < -0.4 is 5.32 Å². The van der Waals surface area contributed by atoms with E-state index in [1.165, 1.54) is 0 Å². The molecule has 0 saturated carbocycles. The van der Waals surface area contributed by atoms with E-state index in [1.54, 1.807) is 47.8 Å². The first-order valence-electron chi connectivity index (χ1n) is 8.61. The summed E-state index contributed by atoms with van der Waals surface area (Å²) in [6.45, 7) is 0.559. The Kier molecular flexibility index (Phi) is 4.74. The number of amides is 1. The molecule has 0 aliphatic rings. The molecule has 1 aromatic carbocycles. The number of benzene rings is 1. The van der Waals surface area contributed by atoms with Crippen LogP contribution in [0, 0.1) is 0 Å². The van der Waals surface area contributed by atoms with Crippen LogP contribution in [0.5, 0.6) is 0 Å². The number of nitrogens with zero attached hydrogens (tertiary/aromatic N) is 5. The third kappa shape index (κ3) is 3.92. The second kappa shape index (κ2) is 7.65. The molecule has 0 aliphatic carbocycles. The zero-order valence-corrected chi connectivity index (χ0v) is 14.6. The van der Waals surface area contributed by atoms with Gasteiger partial charge in [0.25, 0.3) is 5.91 Å². The van der Waals surface area contributed by atoms with E-state index in [4.69, 9.17) is 0 Å². The van der Waals surface area contributed by atoms with Crippen molar-refractivity contribution in [3.8, 4) is 11.5 Å². The lowest BCUT2D eigenvalue weighted by atomic mass is 10.1. The van der Waals surface area contributed by atoms with E-state index in [0.717, 1.165) is 23.5 Å². The van der Waals surface area contributed by atoms with Gasteiger partial charge in [-0.25, -0.2) is 14.6 Å². The van der Waals surface area contributed by atoms with Crippen LogP contribution in [0.4, 0.5) is 0 Å². The average Bonchev–Trinajstić information content (AvgIpc) is 3.43. The summed E-state index contributed by atoms with van der Waals surface area (Å²) in [5.74, 6) is 0.592. The second-order valence-corrected chi connectivity index (χ2v) is 6.00. The number of rotatable bonds is 6. The molecule has 1 amide bonds. The minimum Gasteiger partial charge on any atom is -0.352 e. The Morgan fingerprint density at radius 2 is 1.93 bits per heavy atom. The standard InChI is InChI=1S/C20H18N6O/c27-20(17-4-7-19(23-14-17)25-13-11-21-15-25)22-10-8-16-2-5-18(6-3-16)26-12-1-9-24-26/h1-7,9,11-15H,8,10H2,(H,22,27). The lowest BCUT2D eigenvalue weighted by Gasteiger charge is -2.07. The summed E-state index contributed by atoms with van der Waals surface area (Å²) >= 11 is 0. The van der Waals surface area contributed by atoms with E-state index in [0.29, 0.717) is 12.1 Å². The number of carbonyl (C=O) groups is 1. The van der Waals surface area contributed by atoms with Gasteiger partial charge in [0.05, 0.1) is 11.3 Å². The van der Waals surface area contributed by atoms with Gasteiger partial charge in [-0.2, -0.15) is 5.10 Å². The van der Waals surface area contributed by atoms with Crippen LogP contribution in [0.1, 0.15) is 15.9 Å². The maximum absolute atomic E-state index is 12.3. The minimum atomic E-state index is -0.132. The number of hydrogen-bond acceptors (Lipinski definition) is 4. The molecule has 27 heavy (non-hydrogen) atoms. The molecular formula is C20H18N6O. The van der Waals surface area contributed by atoms with Gasteiger partial charge in [-0.05, 0) is 42.3 Å². The Morgan fingerprint density at radius 3 is 2.59 bits per heavy atom. The molecule has 4 rings (SSSR count). The van der Waals surface area contributed by atoms with Crippen molar-refractivity contribution in [2.24, 2.45) is 0 Å². The monoisotopic (exact) mass is 358 g/mol. The van der Waals surface area contributed by atoms with Crippen molar-refractivity contribution in [1.82, 2.24) is 29.6 Å². The van der Waals surface area contributed by atoms with Crippen LogP contribution in [0.15, 0.2) is 79.8 Å². The smallest absolute Gasteiger partial charge is 0.252 e. The molecule has 0 spiro atoms. The molecule has 7 nitrogen and oxygen atoms in total. The molecule has 0 radical (unpaired) electrons. The molecule has 0 aliphatic heterocycles. The van der Waals surface area contributed by atoms with E-state index in [9.17, 15) is 4.79 Å². The van der Waals surface area contributed by atoms with E-state index < -0.39 is 0 Å². The summed E-state index contributed by atoms with van der Waals surface area (Å²) in [6.07, 6.45) is 11.1. The number of aromatic nitrogens is 5. The van der Waals surface area contributed by atoms with Crippen molar-refractivity contribution in [3.05, 3.63) is 90.9 Å². The Labute approximate surface area is 156 Å². The Morgan fingerprint density at radius 1 is 1.04 bits per heavy atom. The summed E-state index contributed by atoms with van der Waals surface area (Å²) in [6, 6.07) is 13.6. The summed E-state index contributed by atoms with van der Waals surface area (Å²) in [5, 5.41) is 7.13. The minimum absolute atomic E-state index is 0.132. The van der Waals surface area contributed by atoms with Gasteiger partial charge in [0.15, 0.2) is 0 Å². The van der Waals surface area contributed by atoms with Crippen LogP contribution in [-0.4, -0.2) is 36.8 Å². The average molecular weight is 358 g/mol. The van der Waals surface area contributed by atoms with Crippen LogP contribution in [0.3, 0.4) is 0 Å². The molecule has 0 fully saturated rings. The Hall–Kier alpha value is -3.74. The lowest BCUT2D eigenvalue weighted by Crippen LogP contribution is -2.25. The Bertz CT molecular complexity index is 990.